The molecular formula is C15H21N2+. The molecule has 17 heavy (non-hydrogen) atoms. The first-order valence-corrected chi connectivity index (χ1v) is 6.74. The van der Waals surface area contributed by atoms with Crippen molar-refractivity contribution in [2.45, 2.75) is 38.8 Å². The molecule has 1 aliphatic heterocycles. The summed E-state index contributed by atoms with van der Waals surface area (Å²) >= 11 is 0. The Morgan fingerprint density at radius 1 is 1.29 bits per heavy atom. The summed E-state index contributed by atoms with van der Waals surface area (Å²) in [6.07, 6.45) is 6.39. The van der Waals surface area contributed by atoms with Gasteiger partial charge in [-0.15, -0.1) is 0 Å². The lowest BCUT2D eigenvalue weighted by molar-refractivity contribution is -0.941. The predicted octanol–water partition coefficient (Wildman–Crippen LogP) is 2.13. The Kier molecular flexibility index (Phi) is 2.89. The SMILES string of the molecule is CC1CCCC[NH+]1Cc1c[nH]c2ccccc12. The lowest BCUT2D eigenvalue weighted by Gasteiger charge is -2.30. The molecule has 2 unspecified atom stereocenters. The Labute approximate surface area is 103 Å². The third kappa shape index (κ3) is 2.09. The van der Waals surface area contributed by atoms with Crippen LogP contribution in [0.15, 0.2) is 30.5 Å². The van der Waals surface area contributed by atoms with Gasteiger partial charge in [-0.3, -0.25) is 0 Å². The number of hydrogen-bond acceptors (Lipinski definition) is 0. The predicted molar refractivity (Wildman–Crippen MR) is 71.1 cm³/mol. The van der Waals surface area contributed by atoms with E-state index in [0.717, 1.165) is 6.04 Å². The molecule has 2 heterocycles. The second-order valence-electron chi connectivity index (χ2n) is 5.34. The smallest absolute Gasteiger partial charge is 0.105 e. The first-order valence-electron chi connectivity index (χ1n) is 6.74. The molecule has 1 saturated heterocycles. The number of benzene rings is 1. The normalized spacial score (nSPS) is 25.2. The van der Waals surface area contributed by atoms with E-state index < -0.39 is 0 Å². The Morgan fingerprint density at radius 2 is 2.18 bits per heavy atom. The van der Waals surface area contributed by atoms with Gasteiger partial charge in [0.1, 0.15) is 6.54 Å². The molecular weight excluding hydrogens is 208 g/mol. The van der Waals surface area contributed by atoms with Gasteiger partial charge in [0.15, 0.2) is 0 Å². The number of nitrogens with one attached hydrogen (secondary N) is 2. The molecule has 90 valence electrons. The van der Waals surface area contributed by atoms with Crippen LogP contribution in [0.25, 0.3) is 10.9 Å². The second-order valence-corrected chi connectivity index (χ2v) is 5.34. The monoisotopic (exact) mass is 229 g/mol. The van der Waals surface area contributed by atoms with Crippen LogP contribution in [-0.2, 0) is 6.54 Å². The number of hydrogen-bond donors (Lipinski definition) is 2. The Hall–Kier alpha value is -1.28. The fraction of sp³-hybridized carbons (Fsp3) is 0.467. The summed E-state index contributed by atoms with van der Waals surface area (Å²) in [5, 5.41) is 1.40. The molecule has 1 aliphatic rings. The molecule has 2 nitrogen and oxygen atoms in total. The molecule has 0 aliphatic carbocycles. The van der Waals surface area contributed by atoms with Crippen molar-refractivity contribution >= 4 is 10.9 Å². The third-order valence-corrected chi connectivity index (χ3v) is 4.17. The van der Waals surface area contributed by atoms with Crippen LogP contribution >= 0.6 is 0 Å². The fourth-order valence-corrected chi connectivity index (χ4v) is 3.04. The molecule has 2 heteroatoms. The number of piperidine rings is 1. The van der Waals surface area contributed by atoms with Crippen LogP contribution in [0.3, 0.4) is 0 Å². The van der Waals surface area contributed by atoms with Crippen LogP contribution in [0.4, 0.5) is 0 Å². The van der Waals surface area contributed by atoms with Gasteiger partial charge in [-0.05, 0) is 32.3 Å². The lowest BCUT2D eigenvalue weighted by atomic mass is 10.0. The second kappa shape index (κ2) is 4.53. The summed E-state index contributed by atoms with van der Waals surface area (Å²) in [7, 11) is 0. The quantitative estimate of drug-likeness (QED) is 0.787. The molecule has 1 fully saturated rings. The highest BCUT2D eigenvalue weighted by Crippen LogP contribution is 2.17. The van der Waals surface area contributed by atoms with Crippen molar-refractivity contribution in [2.75, 3.05) is 6.54 Å². The maximum absolute atomic E-state index is 3.38. The van der Waals surface area contributed by atoms with Crippen LogP contribution in [0, 0.1) is 0 Å². The number of quaternary nitrogens is 1. The molecule has 2 atom stereocenters. The van der Waals surface area contributed by atoms with E-state index in [9.17, 15) is 0 Å². The van der Waals surface area contributed by atoms with Gasteiger partial charge >= 0.3 is 0 Å². The van der Waals surface area contributed by atoms with Crippen molar-refractivity contribution in [3.8, 4) is 0 Å². The molecule has 1 aromatic carbocycles. The van der Waals surface area contributed by atoms with Crippen LogP contribution in [0.2, 0.25) is 0 Å². The van der Waals surface area contributed by atoms with E-state index in [0.29, 0.717) is 0 Å². The van der Waals surface area contributed by atoms with Crippen LogP contribution < -0.4 is 4.90 Å². The van der Waals surface area contributed by atoms with E-state index in [4.69, 9.17) is 0 Å². The van der Waals surface area contributed by atoms with E-state index in [2.05, 4.69) is 42.4 Å². The zero-order valence-electron chi connectivity index (χ0n) is 10.5. The molecule has 1 aromatic heterocycles. The van der Waals surface area contributed by atoms with Gasteiger partial charge in [0.2, 0.25) is 0 Å². The van der Waals surface area contributed by atoms with Gasteiger partial charge in [0.25, 0.3) is 0 Å². The summed E-state index contributed by atoms with van der Waals surface area (Å²) in [6, 6.07) is 9.44. The molecule has 2 aromatic rings. The first kappa shape index (κ1) is 10.8. The number of aromatic amines is 1. The van der Waals surface area contributed by atoms with Crippen molar-refractivity contribution < 1.29 is 4.90 Å². The minimum Gasteiger partial charge on any atom is -0.361 e. The topological polar surface area (TPSA) is 20.2 Å². The highest BCUT2D eigenvalue weighted by Gasteiger charge is 2.22. The first-order chi connectivity index (χ1) is 8.34. The van der Waals surface area contributed by atoms with Gasteiger partial charge in [-0.2, -0.15) is 0 Å². The fourth-order valence-electron chi connectivity index (χ4n) is 3.04. The summed E-state index contributed by atoms with van der Waals surface area (Å²) in [5.74, 6) is 0. The highest BCUT2D eigenvalue weighted by molar-refractivity contribution is 5.82. The van der Waals surface area contributed by atoms with E-state index in [-0.39, 0.29) is 0 Å². The molecule has 0 saturated carbocycles. The Bertz CT molecular complexity index is 500. The third-order valence-electron chi connectivity index (χ3n) is 4.17. The summed E-state index contributed by atoms with van der Waals surface area (Å²) in [5.41, 5.74) is 2.75. The van der Waals surface area contributed by atoms with Crippen molar-refractivity contribution in [1.29, 1.82) is 0 Å². The zero-order valence-corrected chi connectivity index (χ0v) is 10.5. The molecule has 0 radical (unpaired) electrons. The number of likely N-dealkylation sites (tertiary alicyclic amines) is 1. The highest BCUT2D eigenvalue weighted by atomic mass is 15.2. The summed E-state index contributed by atoms with van der Waals surface area (Å²) in [6.45, 7) is 4.90. The van der Waals surface area contributed by atoms with Gasteiger partial charge in [-0.1, -0.05) is 18.2 Å². The Balaban J connectivity index is 1.84. The average molecular weight is 229 g/mol. The van der Waals surface area contributed by atoms with Gasteiger partial charge in [0.05, 0.1) is 12.6 Å². The van der Waals surface area contributed by atoms with Crippen molar-refractivity contribution in [3.05, 3.63) is 36.0 Å². The molecule has 0 spiro atoms. The average Bonchev–Trinajstić information content (AvgIpc) is 2.76. The van der Waals surface area contributed by atoms with Crippen molar-refractivity contribution in [2.24, 2.45) is 0 Å². The maximum atomic E-state index is 3.38. The molecule has 0 bridgehead atoms. The lowest BCUT2D eigenvalue weighted by Crippen LogP contribution is -3.14. The van der Waals surface area contributed by atoms with Gasteiger partial charge in [-0.25, -0.2) is 0 Å². The van der Waals surface area contributed by atoms with Crippen LogP contribution in [0.5, 0.6) is 0 Å². The van der Waals surface area contributed by atoms with Crippen molar-refractivity contribution in [3.63, 3.8) is 0 Å². The number of fused-ring (bicyclic) bond motifs is 1. The molecule has 3 rings (SSSR count). The van der Waals surface area contributed by atoms with E-state index >= 15 is 0 Å². The number of rotatable bonds is 2. The minimum atomic E-state index is 0.817. The summed E-state index contributed by atoms with van der Waals surface area (Å²) < 4.78 is 0. The van der Waals surface area contributed by atoms with E-state index in [1.54, 1.807) is 4.90 Å². The van der Waals surface area contributed by atoms with Gasteiger partial charge < -0.3 is 9.88 Å². The molecule has 0 amide bonds. The number of para-hydroxylation sites is 1. The van der Waals surface area contributed by atoms with E-state index in [1.165, 1.54) is 48.8 Å². The van der Waals surface area contributed by atoms with Gasteiger partial charge in [0, 0.05) is 22.7 Å². The van der Waals surface area contributed by atoms with Crippen LogP contribution in [0.1, 0.15) is 31.7 Å². The largest absolute Gasteiger partial charge is 0.361 e. The summed E-state index contributed by atoms with van der Waals surface area (Å²) in [4.78, 5) is 5.13. The maximum Gasteiger partial charge on any atom is 0.105 e. The Morgan fingerprint density at radius 3 is 3.06 bits per heavy atom. The van der Waals surface area contributed by atoms with E-state index in [1.807, 2.05) is 0 Å². The van der Waals surface area contributed by atoms with Crippen molar-refractivity contribution in [1.82, 2.24) is 4.98 Å². The minimum absolute atomic E-state index is 0.817. The zero-order chi connectivity index (χ0) is 11.7. The number of aromatic nitrogens is 1. The number of H-pyrrole nitrogens is 1. The molecule has 2 N–H and O–H groups in total. The van der Waals surface area contributed by atoms with Crippen LogP contribution in [-0.4, -0.2) is 17.6 Å². The standard InChI is InChI=1S/C15H20N2/c1-12-6-4-5-9-17(12)11-13-10-16-15-8-3-2-7-14(13)15/h2-3,7-8,10,12,16H,4-6,9,11H2,1H3/p+1.